The molecule has 0 amide bonds. The van der Waals surface area contributed by atoms with E-state index in [1.807, 2.05) is 24.3 Å². The normalized spacial score (nSPS) is 23.6. The molecule has 0 radical (unpaired) electrons. The van der Waals surface area contributed by atoms with Crippen LogP contribution in [0.4, 0.5) is 5.69 Å². The monoisotopic (exact) mass is 245 g/mol. The van der Waals surface area contributed by atoms with E-state index in [0.29, 0.717) is 5.92 Å². The van der Waals surface area contributed by atoms with Crippen molar-refractivity contribution in [3.8, 4) is 0 Å². The Balaban J connectivity index is 1.86. The number of benzene rings is 1. The van der Waals surface area contributed by atoms with E-state index in [1.165, 1.54) is 18.4 Å². The van der Waals surface area contributed by atoms with Gasteiger partial charge in [-0.1, -0.05) is 30.7 Å². The highest BCUT2D eigenvalue weighted by molar-refractivity contribution is 5.44. The summed E-state index contributed by atoms with van der Waals surface area (Å²) in [4.78, 5) is 0. The Labute approximate surface area is 110 Å². The van der Waals surface area contributed by atoms with E-state index in [2.05, 4.69) is 25.2 Å². The van der Waals surface area contributed by atoms with Crippen LogP contribution in [0.15, 0.2) is 35.9 Å². The quantitative estimate of drug-likeness (QED) is 0.795. The molecular formula is C16H23NO. The largest absolute Gasteiger partial charge is 0.392 e. The molecule has 98 valence electrons. The molecule has 1 aromatic rings. The van der Waals surface area contributed by atoms with Crippen molar-refractivity contribution in [1.82, 2.24) is 0 Å². The third-order valence-corrected chi connectivity index (χ3v) is 3.62. The van der Waals surface area contributed by atoms with Gasteiger partial charge in [0.25, 0.3) is 0 Å². The number of hydrogen-bond acceptors (Lipinski definition) is 2. The summed E-state index contributed by atoms with van der Waals surface area (Å²) in [6.45, 7) is 5.68. The Morgan fingerprint density at radius 2 is 2.00 bits per heavy atom. The molecule has 0 aromatic heterocycles. The van der Waals surface area contributed by atoms with Gasteiger partial charge in [-0.05, 0) is 49.3 Å². The lowest BCUT2D eigenvalue weighted by atomic mass is 9.84. The molecule has 2 unspecified atom stereocenters. The van der Waals surface area contributed by atoms with Crippen LogP contribution < -0.4 is 5.32 Å². The minimum absolute atomic E-state index is 0.115. The molecule has 0 bridgehead atoms. The third-order valence-electron chi connectivity index (χ3n) is 3.62. The summed E-state index contributed by atoms with van der Waals surface area (Å²) in [6, 6.07) is 8.02. The van der Waals surface area contributed by atoms with Crippen molar-refractivity contribution >= 4 is 5.69 Å². The molecule has 2 heteroatoms. The Morgan fingerprint density at radius 1 is 1.28 bits per heavy atom. The minimum Gasteiger partial charge on any atom is -0.392 e. The standard InChI is InChI=1S/C16H23NO/c1-12-7-13(2)9-15(8-12)10-17-16-5-3-14(11-18)4-6-16/h3-7,12,15,17-18H,8-11H2,1-2H3. The van der Waals surface area contributed by atoms with Gasteiger partial charge in [0.05, 0.1) is 6.61 Å². The first-order valence-corrected chi connectivity index (χ1v) is 6.78. The van der Waals surface area contributed by atoms with E-state index >= 15 is 0 Å². The van der Waals surface area contributed by atoms with Crippen LogP contribution in [-0.4, -0.2) is 11.7 Å². The van der Waals surface area contributed by atoms with E-state index in [9.17, 15) is 0 Å². The van der Waals surface area contributed by atoms with Crippen molar-refractivity contribution in [3.63, 3.8) is 0 Å². The fourth-order valence-corrected chi connectivity index (χ4v) is 2.83. The van der Waals surface area contributed by atoms with Crippen LogP contribution in [0.2, 0.25) is 0 Å². The molecule has 0 heterocycles. The molecule has 18 heavy (non-hydrogen) atoms. The molecular weight excluding hydrogens is 222 g/mol. The van der Waals surface area contributed by atoms with E-state index in [4.69, 9.17) is 5.11 Å². The van der Waals surface area contributed by atoms with Gasteiger partial charge in [-0.2, -0.15) is 0 Å². The van der Waals surface area contributed by atoms with Crippen LogP contribution in [0.25, 0.3) is 0 Å². The molecule has 2 nitrogen and oxygen atoms in total. The van der Waals surface area contributed by atoms with Crippen molar-refractivity contribution in [2.75, 3.05) is 11.9 Å². The molecule has 0 saturated carbocycles. The Kier molecular flexibility index (Phi) is 4.43. The predicted octanol–water partition coefficient (Wildman–Crippen LogP) is 3.58. The van der Waals surface area contributed by atoms with Gasteiger partial charge in [0.1, 0.15) is 0 Å². The lowest BCUT2D eigenvalue weighted by molar-refractivity contribution is 0.282. The van der Waals surface area contributed by atoms with Gasteiger partial charge < -0.3 is 10.4 Å². The van der Waals surface area contributed by atoms with Gasteiger partial charge in [-0.15, -0.1) is 0 Å². The Bertz CT molecular complexity index is 408. The highest BCUT2D eigenvalue weighted by Gasteiger charge is 2.17. The number of anilines is 1. The molecule has 2 rings (SSSR count). The van der Waals surface area contributed by atoms with Gasteiger partial charge >= 0.3 is 0 Å². The van der Waals surface area contributed by atoms with E-state index in [-0.39, 0.29) is 6.61 Å². The topological polar surface area (TPSA) is 32.3 Å². The molecule has 0 fully saturated rings. The van der Waals surface area contributed by atoms with Crippen molar-refractivity contribution in [1.29, 1.82) is 0 Å². The second-order valence-corrected chi connectivity index (χ2v) is 5.53. The molecule has 1 aliphatic rings. The number of aliphatic hydroxyl groups excluding tert-OH is 1. The molecule has 2 N–H and O–H groups in total. The predicted molar refractivity (Wildman–Crippen MR) is 76.5 cm³/mol. The van der Waals surface area contributed by atoms with Gasteiger partial charge in [-0.3, -0.25) is 0 Å². The average Bonchev–Trinajstić information content (AvgIpc) is 2.36. The lowest BCUT2D eigenvalue weighted by Crippen LogP contribution is -2.20. The van der Waals surface area contributed by atoms with Crippen molar-refractivity contribution in [3.05, 3.63) is 41.5 Å². The van der Waals surface area contributed by atoms with Crippen molar-refractivity contribution in [2.45, 2.75) is 33.3 Å². The van der Waals surface area contributed by atoms with E-state index < -0.39 is 0 Å². The smallest absolute Gasteiger partial charge is 0.0681 e. The summed E-state index contributed by atoms with van der Waals surface area (Å²) >= 11 is 0. The maximum Gasteiger partial charge on any atom is 0.0681 e. The number of aliphatic hydroxyl groups is 1. The molecule has 0 aliphatic heterocycles. The summed E-state index contributed by atoms with van der Waals surface area (Å²) in [6.07, 6.45) is 4.89. The summed E-state index contributed by atoms with van der Waals surface area (Å²) < 4.78 is 0. The zero-order chi connectivity index (χ0) is 13.0. The van der Waals surface area contributed by atoms with E-state index in [0.717, 1.165) is 23.7 Å². The van der Waals surface area contributed by atoms with Crippen LogP contribution >= 0.6 is 0 Å². The van der Waals surface area contributed by atoms with Crippen molar-refractivity contribution in [2.24, 2.45) is 11.8 Å². The summed E-state index contributed by atoms with van der Waals surface area (Å²) in [5.41, 5.74) is 3.63. The second kappa shape index (κ2) is 6.05. The summed E-state index contributed by atoms with van der Waals surface area (Å²) in [5, 5.41) is 12.5. The van der Waals surface area contributed by atoms with Gasteiger partial charge in [-0.25, -0.2) is 0 Å². The Morgan fingerprint density at radius 3 is 2.61 bits per heavy atom. The summed E-state index contributed by atoms with van der Waals surface area (Å²) in [7, 11) is 0. The Hall–Kier alpha value is -1.28. The first-order chi connectivity index (χ1) is 8.67. The SMILES string of the molecule is CC1=CC(C)CC(CNc2ccc(CO)cc2)C1. The first-order valence-electron chi connectivity index (χ1n) is 6.78. The minimum atomic E-state index is 0.115. The van der Waals surface area contributed by atoms with Crippen LogP contribution in [0.5, 0.6) is 0 Å². The number of nitrogens with one attached hydrogen (secondary N) is 1. The maximum absolute atomic E-state index is 8.99. The third kappa shape index (κ3) is 3.61. The molecule has 1 aromatic carbocycles. The average molecular weight is 245 g/mol. The highest BCUT2D eigenvalue weighted by Crippen LogP contribution is 2.28. The van der Waals surface area contributed by atoms with Crippen LogP contribution in [0.3, 0.4) is 0 Å². The molecule has 0 saturated heterocycles. The zero-order valence-corrected chi connectivity index (χ0v) is 11.3. The van der Waals surface area contributed by atoms with Gasteiger partial charge in [0.2, 0.25) is 0 Å². The van der Waals surface area contributed by atoms with Crippen LogP contribution in [0, 0.1) is 11.8 Å². The molecule has 0 spiro atoms. The fourth-order valence-electron chi connectivity index (χ4n) is 2.83. The highest BCUT2D eigenvalue weighted by atomic mass is 16.3. The summed E-state index contributed by atoms with van der Waals surface area (Å²) in [5.74, 6) is 1.45. The number of hydrogen-bond donors (Lipinski definition) is 2. The van der Waals surface area contributed by atoms with Crippen molar-refractivity contribution < 1.29 is 5.11 Å². The van der Waals surface area contributed by atoms with Crippen LogP contribution in [0.1, 0.15) is 32.3 Å². The molecule has 1 aliphatic carbocycles. The zero-order valence-electron chi connectivity index (χ0n) is 11.3. The van der Waals surface area contributed by atoms with E-state index in [1.54, 1.807) is 0 Å². The lowest BCUT2D eigenvalue weighted by Gasteiger charge is -2.26. The van der Waals surface area contributed by atoms with Gasteiger partial charge in [0.15, 0.2) is 0 Å². The molecule has 2 atom stereocenters. The van der Waals surface area contributed by atoms with Gasteiger partial charge in [0, 0.05) is 12.2 Å². The second-order valence-electron chi connectivity index (χ2n) is 5.53. The van der Waals surface area contributed by atoms with Crippen LogP contribution in [-0.2, 0) is 6.61 Å². The number of rotatable bonds is 4. The maximum atomic E-state index is 8.99. The fraction of sp³-hybridized carbons (Fsp3) is 0.500. The number of allylic oxidation sites excluding steroid dienone is 2. The first kappa shape index (κ1) is 13.2.